The van der Waals surface area contributed by atoms with E-state index in [1.807, 2.05) is 0 Å². The predicted molar refractivity (Wildman–Crippen MR) is 51.8 cm³/mol. The largest absolute Gasteiger partial charge is 0.479 e. The minimum atomic E-state index is -0.535. The second-order valence-corrected chi connectivity index (χ2v) is 3.25. The fourth-order valence-electron chi connectivity index (χ4n) is 1.41. The van der Waals surface area contributed by atoms with E-state index in [4.69, 9.17) is 9.47 Å². The third-order valence-corrected chi connectivity index (χ3v) is 2.16. The van der Waals surface area contributed by atoms with Crippen LogP contribution >= 0.6 is 0 Å². The lowest BCUT2D eigenvalue weighted by Crippen LogP contribution is -2.21. The van der Waals surface area contributed by atoms with E-state index in [1.54, 1.807) is 24.3 Å². The number of benzene rings is 1. The SMILES string of the molecule is O=Cc1cccc(O[C@H]2CCOC2=O)c1. The van der Waals surface area contributed by atoms with Crippen molar-refractivity contribution in [3.63, 3.8) is 0 Å². The van der Waals surface area contributed by atoms with Gasteiger partial charge in [0.25, 0.3) is 0 Å². The van der Waals surface area contributed by atoms with E-state index >= 15 is 0 Å². The van der Waals surface area contributed by atoms with Gasteiger partial charge in [-0.2, -0.15) is 0 Å². The molecule has 1 fully saturated rings. The van der Waals surface area contributed by atoms with Gasteiger partial charge in [0.15, 0.2) is 6.10 Å². The molecule has 1 atom stereocenters. The summed E-state index contributed by atoms with van der Waals surface area (Å²) in [6.45, 7) is 0.400. The molecular weight excluding hydrogens is 196 g/mol. The standard InChI is InChI=1S/C11H10O4/c12-7-8-2-1-3-9(6-8)15-10-4-5-14-11(10)13/h1-3,6-7,10H,4-5H2/t10-/m0/s1. The molecule has 0 bridgehead atoms. The first kappa shape index (κ1) is 9.71. The van der Waals surface area contributed by atoms with Crippen LogP contribution in [0.1, 0.15) is 16.8 Å². The number of hydrogen-bond acceptors (Lipinski definition) is 4. The molecule has 78 valence electrons. The van der Waals surface area contributed by atoms with Crippen LogP contribution in [0, 0.1) is 0 Å². The van der Waals surface area contributed by atoms with Crippen LogP contribution in [0.5, 0.6) is 5.75 Å². The maximum atomic E-state index is 11.1. The highest BCUT2D eigenvalue weighted by molar-refractivity contribution is 5.77. The average Bonchev–Trinajstić information content (AvgIpc) is 2.65. The first-order valence-corrected chi connectivity index (χ1v) is 4.68. The molecule has 0 spiro atoms. The van der Waals surface area contributed by atoms with Gasteiger partial charge in [0.2, 0.25) is 0 Å². The average molecular weight is 206 g/mol. The minimum absolute atomic E-state index is 0.341. The van der Waals surface area contributed by atoms with Gasteiger partial charge in [0, 0.05) is 12.0 Å². The fraction of sp³-hybridized carbons (Fsp3) is 0.273. The summed E-state index contributed by atoms with van der Waals surface area (Å²) in [5, 5.41) is 0. The van der Waals surface area contributed by atoms with E-state index in [0.29, 0.717) is 24.3 Å². The Morgan fingerprint density at radius 2 is 2.33 bits per heavy atom. The Labute approximate surface area is 86.8 Å². The molecule has 0 aliphatic carbocycles. The van der Waals surface area contributed by atoms with E-state index in [9.17, 15) is 9.59 Å². The maximum absolute atomic E-state index is 11.1. The van der Waals surface area contributed by atoms with Crippen LogP contribution in [0.3, 0.4) is 0 Å². The molecule has 15 heavy (non-hydrogen) atoms. The Hall–Kier alpha value is -1.84. The molecule has 0 amide bonds. The third-order valence-electron chi connectivity index (χ3n) is 2.16. The van der Waals surface area contributed by atoms with E-state index < -0.39 is 6.10 Å². The van der Waals surface area contributed by atoms with Gasteiger partial charge in [-0.15, -0.1) is 0 Å². The van der Waals surface area contributed by atoms with Crippen molar-refractivity contribution in [3.8, 4) is 5.75 Å². The second-order valence-electron chi connectivity index (χ2n) is 3.25. The molecular formula is C11H10O4. The number of hydrogen-bond donors (Lipinski definition) is 0. The maximum Gasteiger partial charge on any atom is 0.347 e. The Morgan fingerprint density at radius 3 is 3.00 bits per heavy atom. The summed E-state index contributed by atoms with van der Waals surface area (Å²) < 4.78 is 10.2. The van der Waals surface area contributed by atoms with Crippen molar-refractivity contribution in [2.75, 3.05) is 6.61 Å². The van der Waals surface area contributed by atoms with Gasteiger partial charge < -0.3 is 9.47 Å². The van der Waals surface area contributed by atoms with Gasteiger partial charge in [-0.25, -0.2) is 4.79 Å². The van der Waals surface area contributed by atoms with E-state index in [0.717, 1.165) is 6.29 Å². The molecule has 0 saturated carbocycles. The summed E-state index contributed by atoms with van der Waals surface area (Å²) in [4.78, 5) is 21.6. The van der Waals surface area contributed by atoms with Crippen LogP contribution < -0.4 is 4.74 Å². The minimum Gasteiger partial charge on any atom is -0.479 e. The number of esters is 1. The number of aldehydes is 1. The highest BCUT2D eigenvalue weighted by atomic mass is 16.6. The smallest absolute Gasteiger partial charge is 0.347 e. The zero-order valence-electron chi connectivity index (χ0n) is 8.01. The quantitative estimate of drug-likeness (QED) is 0.550. The summed E-state index contributed by atoms with van der Waals surface area (Å²) >= 11 is 0. The normalized spacial score (nSPS) is 19.7. The zero-order chi connectivity index (χ0) is 10.7. The molecule has 1 saturated heterocycles. The van der Waals surface area contributed by atoms with E-state index in [1.165, 1.54) is 0 Å². The molecule has 0 aromatic heterocycles. The molecule has 4 nitrogen and oxygen atoms in total. The molecule has 0 unspecified atom stereocenters. The van der Waals surface area contributed by atoms with Crippen LogP contribution in [-0.4, -0.2) is 25.0 Å². The van der Waals surface area contributed by atoms with Gasteiger partial charge in [-0.1, -0.05) is 12.1 Å². The predicted octanol–water partition coefficient (Wildman–Crippen LogP) is 1.19. The number of rotatable bonds is 3. The Balaban J connectivity index is 2.09. The Morgan fingerprint density at radius 1 is 1.47 bits per heavy atom. The Bertz CT molecular complexity index is 386. The van der Waals surface area contributed by atoms with Crippen LogP contribution in [-0.2, 0) is 9.53 Å². The van der Waals surface area contributed by atoms with Crippen molar-refractivity contribution in [2.45, 2.75) is 12.5 Å². The monoisotopic (exact) mass is 206 g/mol. The summed E-state index contributed by atoms with van der Waals surface area (Å²) in [5.41, 5.74) is 0.527. The first-order chi connectivity index (χ1) is 7.29. The molecule has 1 aliphatic rings. The van der Waals surface area contributed by atoms with Gasteiger partial charge in [-0.3, -0.25) is 4.79 Å². The molecule has 0 N–H and O–H groups in total. The van der Waals surface area contributed by atoms with Crippen LogP contribution in [0.25, 0.3) is 0 Å². The highest BCUT2D eigenvalue weighted by Gasteiger charge is 2.28. The number of ether oxygens (including phenoxy) is 2. The molecule has 2 rings (SSSR count). The van der Waals surface area contributed by atoms with Gasteiger partial charge in [-0.05, 0) is 12.1 Å². The van der Waals surface area contributed by atoms with Crippen molar-refractivity contribution in [3.05, 3.63) is 29.8 Å². The molecule has 4 heteroatoms. The second kappa shape index (κ2) is 4.13. The fourth-order valence-corrected chi connectivity index (χ4v) is 1.41. The van der Waals surface area contributed by atoms with E-state index in [2.05, 4.69) is 0 Å². The van der Waals surface area contributed by atoms with Crippen molar-refractivity contribution in [1.82, 2.24) is 0 Å². The van der Waals surface area contributed by atoms with Crippen LogP contribution in [0.2, 0.25) is 0 Å². The van der Waals surface area contributed by atoms with Crippen molar-refractivity contribution in [2.24, 2.45) is 0 Å². The third kappa shape index (κ3) is 2.15. The van der Waals surface area contributed by atoms with Crippen molar-refractivity contribution < 1.29 is 19.1 Å². The number of cyclic esters (lactones) is 1. The first-order valence-electron chi connectivity index (χ1n) is 4.68. The van der Waals surface area contributed by atoms with Gasteiger partial charge in [0.1, 0.15) is 12.0 Å². The summed E-state index contributed by atoms with van der Waals surface area (Å²) in [6, 6.07) is 6.68. The lowest BCUT2D eigenvalue weighted by Gasteiger charge is -2.09. The highest BCUT2D eigenvalue weighted by Crippen LogP contribution is 2.18. The van der Waals surface area contributed by atoms with Gasteiger partial charge >= 0.3 is 5.97 Å². The molecule has 1 aromatic rings. The summed E-state index contributed by atoms with van der Waals surface area (Å²) in [6.07, 6.45) is 0.760. The van der Waals surface area contributed by atoms with Crippen molar-refractivity contribution in [1.29, 1.82) is 0 Å². The lowest BCUT2D eigenvalue weighted by atomic mass is 10.2. The van der Waals surface area contributed by atoms with E-state index in [-0.39, 0.29) is 5.97 Å². The summed E-state index contributed by atoms with van der Waals surface area (Å²) in [5.74, 6) is 0.176. The zero-order valence-corrected chi connectivity index (χ0v) is 8.01. The van der Waals surface area contributed by atoms with Crippen molar-refractivity contribution >= 4 is 12.3 Å². The number of carbonyl (C=O) groups excluding carboxylic acids is 2. The molecule has 1 aliphatic heterocycles. The van der Waals surface area contributed by atoms with Crippen LogP contribution in [0.4, 0.5) is 0 Å². The lowest BCUT2D eigenvalue weighted by molar-refractivity contribution is -0.143. The van der Waals surface area contributed by atoms with Crippen LogP contribution in [0.15, 0.2) is 24.3 Å². The van der Waals surface area contributed by atoms with Gasteiger partial charge in [0.05, 0.1) is 6.61 Å². The molecule has 0 radical (unpaired) electrons. The molecule has 1 heterocycles. The number of carbonyl (C=O) groups is 2. The Kier molecular flexibility index (Phi) is 2.67. The topological polar surface area (TPSA) is 52.6 Å². The molecule has 1 aromatic carbocycles. The summed E-state index contributed by atoms with van der Waals surface area (Å²) in [7, 11) is 0.